The number of rotatable bonds is 2. The molecular weight excluding hydrogens is 322 g/mol. The van der Waals surface area contributed by atoms with Gasteiger partial charge in [0.2, 0.25) is 0 Å². The lowest BCUT2D eigenvalue weighted by atomic mass is 10.2. The first kappa shape index (κ1) is 15.2. The fourth-order valence-corrected chi connectivity index (χ4v) is 3.89. The highest BCUT2D eigenvalue weighted by Crippen LogP contribution is 2.28. The van der Waals surface area contributed by atoms with E-state index >= 15 is 0 Å². The molecule has 0 radical (unpaired) electrons. The van der Waals surface area contributed by atoms with E-state index < -0.39 is 0 Å². The Morgan fingerprint density at radius 2 is 2.21 bits per heavy atom. The summed E-state index contributed by atoms with van der Waals surface area (Å²) in [6.07, 6.45) is 1.46. The molecule has 1 atom stereocenters. The van der Waals surface area contributed by atoms with E-state index in [9.17, 15) is 4.79 Å². The van der Waals surface area contributed by atoms with E-state index in [0.717, 1.165) is 20.7 Å². The predicted molar refractivity (Wildman–Crippen MR) is 93.2 cm³/mol. The van der Waals surface area contributed by atoms with Gasteiger partial charge in [-0.25, -0.2) is 9.97 Å². The summed E-state index contributed by atoms with van der Waals surface area (Å²) in [5, 5.41) is 1.11. The van der Waals surface area contributed by atoms with Crippen LogP contribution in [-0.2, 0) is 4.74 Å². The standard InChI is InChI=1S/C18H17N3O2S/c1-12-6-7-19-17(20-12)14-11-21(8-9-23-14)18(22)16-10-13-4-2-3-5-15(13)24-16/h2-7,10,14H,8-9,11H2,1H3/t14-/m0/s1. The zero-order valence-electron chi connectivity index (χ0n) is 13.3. The molecule has 0 unspecified atom stereocenters. The van der Waals surface area contributed by atoms with Crippen LogP contribution in [0.1, 0.15) is 27.3 Å². The van der Waals surface area contributed by atoms with E-state index in [-0.39, 0.29) is 12.0 Å². The molecule has 1 fully saturated rings. The Labute approximate surface area is 143 Å². The van der Waals surface area contributed by atoms with Gasteiger partial charge in [0.05, 0.1) is 18.0 Å². The van der Waals surface area contributed by atoms with Gasteiger partial charge in [-0.2, -0.15) is 0 Å². The molecule has 6 heteroatoms. The molecule has 4 rings (SSSR count). The van der Waals surface area contributed by atoms with Gasteiger partial charge < -0.3 is 9.64 Å². The van der Waals surface area contributed by atoms with E-state index in [1.54, 1.807) is 6.20 Å². The van der Waals surface area contributed by atoms with Gasteiger partial charge in [0, 0.05) is 23.1 Å². The highest BCUT2D eigenvalue weighted by molar-refractivity contribution is 7.20. The van der Waals surface area contributed by atoms with Crippen LogP contribution in [-0.4, -0.2) is 40.5 Å². The van der Waals surface area contributed by atoms with Crippen molar-refractivity contribution < 1.29 is 9.53 Å². The zero-order chi connectivity index (χ0) is 16.5. The normalized spacial score (nSPS) is 18.0. The number of carbonyl (C=O) groups excluding carboxylic acids is 1. The number of hydrogen-bond donors (Lipinski definition) is 0. The van der Waals surface area contributed by atoms with E-state index in [2.05, 4.69) is 9.97 Å². The molecule has 0 bridgehead atoms. The van der Waals surface area contributed by atoms with Crippen molar-refractivity contribution in [2.45, 2.75) is 13.0 Å². The summed E-state index contributed by atoms with van der Waals surface area (Å²) in [6.45, 7) is 3.50. The minimum Gasteiger partial charge on any atom is -0.367 e. The molecule has 5 nitrogen and oxygen atoms in total. The Morgan fingerprint density at radius 1 is 1.33 bits per heavy atom. The Morgan fingerprint density at radius 3 is 3.04 bits per heavy atom. The second-order valence-corrected chi connectivity index (χ2v) is 6.90. The van der Waals surface area contributed by atoms with Crippen LogP contribution in [0, 0.1) is 6.92 Å². The van der Waals surface area contributed by atoms with E-state index in [4.69, 9.17) is 4.74 Å². The smallest absolute Gasteiger partial charge is 0.264 e. The number of morpholine rings is 1. The number of amides is 1. The molecule has 24 heavy (non-hydrogen) atoms. The quantitative estimate of drug-likeness (QED) is 0.719. The SMILES string of the molecule is Cc1ccnc([C@@H]2CN(C(=O)c3cc4ccccc4s3)CCO2)n1. The van der Waals surface area contributed by atoms with Crippen molar-refractivity contribution in [2.24, 2.45) is 0 Å². The summed E-state index contributed by atoms with van der Waals surface area (Å²) in [4.78, 5) is 24.2. The third-order valence-electron chi connectivity index (χ3n) is 4.09. The molecule has 1 aliphatic heterocycles. The van der Waals surface area contributed by atoms with Crippen molar-refractivity contribution in [3.63, 3.8) is 0 Å². The molecule has 1 saturated heterocycles. The molecule has 3 heterocycles. The van der Waals surface area contributed by atoms with Gasteiger partial charge in [0.15, 0.2) is 5.82 Å². The molecule has 0 aliphatic carbocycles. The summed E-state index contributed by atoms with van der Waals surface area (Å²) in [5.41, 5.74) is 0.900. The summed E-state index contributed by atoms with van der Waals surface area (Å²) in [6, 6.07) is 11.9. The highest BCUT2D eigenvalue weighted by Gasteiger charge is 2.28. The van der Waals surface area contributed by atoms with Crippen molar-refractivity contribution >= 4 is 27.3 Å². The van der Waals surface area contributed by atoms with E-state index in [1.165, 1.54) is 11.3 Å². The zero-order valence-corrected chi connectivity index (χ0v) is 14.1. The average molecular weight is 339 g/mol. The molecule has 1 amide bonds. The van der Waals surface area contributed by atoms with Crippen LogP contribution < -0.4 is 0 Å². The minimum absolute atomic E-state index is 0.0529. The van der Waals surface area contributed by atoms with Gasteiger partial charge in [-0.1, -0.05) is 18.2 Å². The molecule has 0 N–H and O–H groups in total. The van der Waals surface area contributed by atoms with Crippen molar-refractivity contribution in [1.29, 1.82) is 0 Å². The molecule has 1 aliphatic rings. The summed E-state index contributed by atoms with van der Waals surface area (Å²) >= 11 is 1.54. The second kappa shape index (κ2) is 6.30. The molecule has 0 spiro atoms. The van der Waals surface area contributed by atoms with Crippen molar-refractivity contribution in [2.75, 3.05) is 19.7 Å². The number of nitrogens with zero attached hydrogens (tertiary/aromatic N) is 3. The van der Waals surface area contributed by atoms with E-state index in [0.29, 0.717) is 25.5 Å². The lowest BCUT2D eigenvalue weighted by Crippen LogP contribution is -2.42. The number of carbonyl (C=O) groups is 1. The lowest BCUT2D eigenvalue weighted by Gasteiger charge is -2.31. The molecule has 2 aromatic heterocycles. The van der Waals surface area contributed by atoms with Crippen molar-refractivity contribution in [1.82, 2.24) is 14.9 Å². The van der Waals surface area contributed by atoms with Crippen molar-refractivity contribution in [3.05, 3.63) is 59.0 Å². The summed E-state index contributed by atoms with van der Waals surface area (Å²) < 4.78 is 6.91. The third-order valence-corrected chi connectivity index (χ3v) is 5.20. The van der Waals surface area contributed by atoms with Crippen LogP contribution in [0.15, 0.2) is 42.6 Å². The Bertz CT molecular complexity index is 860. The lowest BCUT2D eigenvalue weighted by molar-refractivity contribution is -0.0267. The third kappa shape index (κ3) is 2.90. The number of thiophene rings is 1. The van der Waals surface area contributed by atoms with Crippen molar-refractivity contribution in [3.8, 4) is 0 Å². The number of aromatic nitrogens is 2. The highest BCUT2D eigenvalue weighted by atomic mass is 32.1. The van der Waals surface area contributed by atoms with Gasteiger partial charge in [-0.15, -0.1) is 11.3 Å². The van der Waals surface area contributed by atoms with Crippen LogP contribution in [0.25, 0.3) is 10.1 Å². The van der Waals surface area contributed by atoms with Crippen LogP contribution in [0.3, 0.4) is 0 Å². The largest absolute Gasteiger partial charge is 0.367 e. The second-order valence-electron chi connectivity index (χ2n) is 5.82. The molecule has 0 saturated carbocycles. The van der Waals surface area contributed by atoms with Crippen LogP contribution in [0.5, 0.6) is 0 Å². The van der Waals surface area contributed by atoms with Crippen LogP contribution >= 0.6 is 11.3 Å². The fourth-order valence-electron chi connectivity index (χ4n) is 2.86. The maximum absolute atomic E-state index is 12.9. The maximum atomic E-state index is 12.9. The molecule has 3 aromatic rings. The maximum Gasteiger partial charge on any atom is 0.264 e. The summed E-state index contributed by atoms with van der Waals surface area (Å²) in [7, 11) is 0. The Kier molecular flexibility index (Phi) is 4.00. The first-order chi connectivity index (χ1) is 11.7. The number of hydrogen-bond acceptors (Lipinski definition) is 5. The Balaban J connectivity index is 1.56. The molecule has 122 valence electrons. The van der Waals surface area contributed by atoms with Gasteiger partial charge in [-0.05, 0) is 30.5 Å². The topological polar surface area (TPSA) is 55.3 Å². The number of aryl methyl sites for hydroxylation is 1. The first-order valence-corrected chi connectivity index (χ1v) is 8.71. The average Bonchev–Trinajstić information content (AvgIpc) is 3.05. The monoisotopic (exact) mass is 339 g/mol. The van der Waals surface area contributed by atoms with Gasteiger partial charge in [0.1, 0.15) is 6.10 Å². The number of benzene rings is 1. The first-order valence-electron chi connectivity index (χ1n) is 7.90. The van der Waals surface area contributed by atoms with Gasteiger partial charge >= 0.3 is 0 Å². The molecule has 1 aromatic carbocycles. The summed E-state index contributed by atoms with van der Waals surface area (Å²) in [5.74, 6) is 0.695. The molecular formula is C18H17N3O2S. The Hall–Kier alpha value is -2.31. The van der Waals surface area contributed by atoms with Crippen LogP contribution in [0.2, 0.25) is 0 Å². The van der Waals surface area contributed by atoms with Gasteiger partial charge in [-0.3, -0.25) is 4.79 Å². The predicted octanol–water partition coefficient (Wildman–Crippen LogP) is 3.21. The van der Waals surface area contributed by atoms with E-state index in [1.807, 2.05) is 48.2 Å². The number of fused-ring (bicyclic) bond motifs is 1. The fraction of sp³-hybridized carbons (Fsp3) is 0.278. The van der Waals surface area contributed by atoms with Crippen LogP contribution in [0.4, 0.5) is 0 Å². The van der Waals surface area contributed by atoms with Gasteiger partial charge in [0.25, 0.3) is 5.91 Å². The number of ether oxygens (including phenoxy) is 1. The minimum atomic E-state index is -0.267.